The number of Topliss-reactive ketones (excluding diaryl/α,β-unsaturated/α-hetero) is 1. The highest BCUT2D eigenvalue weighted by Gasteiger charge is 2.58. The molecule has 0 bridgehead atoms. The SMILES string of the molecule is CCCC1(N2C(=O)C(O)(CC(=O)c3cccc(F)c3)c3ccccc32)CNc2ccccc21. The standard InChI is InChI=1S/C27H25FN2O3/c1-2-14-26(17-29-22-12-5-3-10-20(22)26)30-23-13-6-4-11-21(23)27(33,25(30)32)16-24(31)18-8-7-9-19(28)15-18/h3-13,15,29,33H,2,14,16-17H2,1H3. The summed E-state index contributed by atoms with van der Waals surface area (Å²) in [6, 6.07) is 20.3. The van der Waals surface area contributed by atoms with Crippen LogP contribution in [0.5, 0.6) is 0 Å². The zero-order valence-corrected chi connectivity index (χ0v) is 18.3. The molecule has 3 aromatic rings. The number of nitrogens with zero attached hydrogens (tertiary/aromatic N) is 1. The van der Waals surface area contributed by atoms with Gasteiger partial charge in [-0.2, -0.15) is 0 Å². The average Bonchev–Trinajstić information content (AvgIpc) is 3.28. The van der Waals surface area contributed by atoms with Gasteiger partial charge in [0.25, 0.3) is 5.91 Å². The van der Waals surface area contributed by atoms with E-state index in [1.54, 1.807) is 17.0 Å². The highest BCUT2D eigenvalue weighted by atomic mass is 19.1. The fraction of sp³-hybridized carbons (Fsp3) is 0.259. The Morgan fingerprint density at radius 3 is 2.55 bits per heavy atom. The van der Waals surface area contributed by atoms with Crippen molar-refractivity contribution in [2.24, 2.45) is 0 Å². The molecule has 33 heavy (non-hydrogen) atoms. The van der Waals surface area contributed by atoms with E-state index in [-0.39, 0.29) is 5.56 Å². The molecule has 0 saturated carbocycles. The summed E-state index contributed by atoms with van der Waals surface area (Å²) in [4.78, 5) is 28.7. The van der Waals surface area contributed by atoms with Gasteiger partial charge in [-0.25, -0.2) is 4.39 Å². The number of carbonyl (C=O) groups excluding carboxylic acids is 2. The van der Waals surface area contributed by atoms with E-state index in [4.69, 9.17) is 0 Å². The van der Waals surface area contributed by atoms with Gasteiger partial charge in [0.15, 0.2) is 11.4 Å². The molecule has 6 heteroatoms. The van der Waals surface area contributed by atoms with Crippen LogP contribution in [0.4, 0.5) is 15.8 Å². The average molecular weight is 445 g/mol. The predicted octanol–water partition coefficient (Wildman–Crippen LogP) is 4.75. The molecule has 0 aromatic heterocycles. The van der Waals surface area contributed by atoms with Gasteiger partial charge in [-0.05, 0) is 30.7 Å². The molecule has 5 rings (SSSR count). The molecular formula is C27H25FN2O3. The van der Waals surface area contributed by atoms with Gasteiger partial charge in [0.05, 0.1) is 17.6 Å². The Kier molecular flexibility index (Phi) is 5.05. The number of amides is 1. The molecule has 2 atom stereocenters. The molecule has 2 N–H and O–H groups in total. The van der Waals surface area contributed by atoms with E-state index >= 15 is 0 Å². The van der Waals surface area contributed by atoms with Gasteiger partial charge >= 0.3 is 0 Å². The van der Waals surface area contributed by atoms with Crippen LogP contribution in [0.15, 0.2) is 72.8 Å². The van der Waals surface area contributed by atoms with E-state index in [1.807, 2.05) is 36.4 Å². The van der Waals surface area contributed by atoms with Crippen LogP contribution in [0.25, 0.3) is 0 Å². The first-order chi connectivity index (χ1) is 15.9. The summed E-state index contributed by atoms with van der Waals surface area (Å²) < 4.78 is 13.7. The maximum atomic E-state index is 14.0. The van der Waals surface area contributed by atoms with Gasteiger partial charge in [-0.1, -0.05) is 61.9 Å². The lowest BCUT2D eigenvalue weighted by Crippen LogP contribution is -2.53. The van der Waals surface area contributed by atoms with Gasteiger partial charge in [-0.3, -0.25) is 14.5 Å². The molecule has 168 valence electrons. The Morgan fingerprint density at radius 2 is 1.79 bits per heavy atom. The molecular weight excluding hydrogens is 419 g/mol. The molecule has 0 aliphatic carbocycles. The van der Waals surface area contributed by atoms with Gasteiger partial charge in [0, 0.05) is 28.9 Å². The van der Waals surface area contributed by atoms with Crippen molar-refractivity contribution >= 4 is 23.1 Å². The lowest BCUT2D eigenvalue weighted by molar-refractivity contribution is -0.137. The van der Waals surface area contributed by atoms with Crippen molar-refractivity contribution in [1.82, 2.24) is 0 Å². The normalized spacial score (nSPS) is 23.2. The van der Waals surface area contributed by atoms with Crippen LogP contribution in [-0.2, 0) is 15.9 Å². The number of para-hydroxylation sites is 2. The number of fused-ring (bicyclic) bond motifs is 2. The summed E-state index contributed by atoms with van der Waals surface area (Å²) in [7, 11) is 0. The quantitative estimate of drug-likeness (QED) is 0.538. The summed E-state index contributed by atoms with van der Waals surface area (Å²) in [6.07, 6.45) is 1.05. The number of ketones is 1. The molecule has 1 amide bonds. The second-order valence-corrected chi connectivity index (χ2v) is 8.81. The molecule has 0 saturated heterocycles. The number of hydrogen-bond donors (Lipinski definition) is 2. The summed E-state index contributed by atoms with van der Waals surface area (Å²) in [6.45, 7) is 2.57. The van der Waals surface area contributed by atoms with Gasteiger partial charge in [-0.15, -0.1) is 0 Å². The van der Waals surface area contributed by atoms with E-state index in [0.29, 0.717) is 24.2 Å². The third-order valence-corrected chi connectivity index (χ3v) is 6.80. The fourth-order valence-electron chi connectivity index (χ4n) is 5.35. The van der Waals surface area contributed by atoms with E-state index in [9.17, 15) is 19.1 Å². The van der Waals surface area contributed by atoms with Crippen molar-refractivity contribution in [1.29, 1.82) is 0 Å². The van der Waals surface area contributed by atoms with Crippen LogP contribution in [0.2, 0.25) is 0 Å². The number of halogens is 1. The van der Waals surface area contributed by atoms with Gasteiger partial charge in [0.2, 0.25) is 0 Å². The second kappa shape index (κ2) is 7.81. The first-order valence-corrected chi connectivity index (χ1v) is 11.2. The minimum atomic E-state index is -2.03. The molecule has 2 aliphatic rings. The number of hydrogen-bond acceptors (Lipinski definition) is 4. The molecule has 2 unspecified atom stereocenters. The van der Waals surface area contributed by atoms with E-state index < -0.39 is 35.1 Å². The van der Waals surface area contributed by atoms with Crippen LogP contribution in [0, 0.1) is 5.82 Å². The van der Waals surface area contributed by atoms with Crippen molar-refractivity contribution in [2.75, 3.05) is 16.8 Å². The maximum absolute atomic E-state index is 14.0. The lowest BCUT2D eigenvalue weighted by atomic mass is 9.84. The molecule has 0 radical (unpaired) electrons. The smallest absolute Gasteiger partial charge is 0.265 e. The zero-order chi connectivity index (χ0) is 23.2. The van der Waals surface area contributed by atoms with Crippen LogP contribution in [0.1, 0.15) is 47.7 Å². The zero-order valence-electron chi connectivity index (χ0n) is 18.3. The van der Waals surface area contributed by atoms with E-state index in [0.717, 1.165) is 23.7 Å². The molecule has 5 nitrogen and oxygen atoms in total. The maximum Gasteiger partial charge on any atom is 0.265 e. The summed E-state index contributed by atoms with van der Waals surface area (Å²) >= 11 is 0. The number of anilines is 2. The van der Waals surface area contributed by atoms with Crippen molar-refractivity contribution in [3.05, 3.63) is 95.3 Å². The summed E-state index contributed by atoms with van der Waals surface area (Å²) in [5, 5.41) is 15.2. The monoisotopic (exact) mass is 444 g/mol. The van der Waals surface area contributed by atoms with Crippen LogP contribution in [-0.4, -0.2) is 23.3 Å². The van der Waals surface area contributed by atoms with Crippen LogP contribution < -0.4 is 10.2 Å². The predicted molar refractivity (Wildman–Crippen MR) is 125 cm³/mol. The Morgan fingerprint density at radius 1 is 1.06 bits per heavy atom. The first kappa shape index (κ1) is 21.3. The third-order valence-electron chi connectivity index (χ3n) is 6.80. The number of aliphatic hydroxyl groups is 1. The number of rotatable bonds is 6. The summed E-state index contributed by atoms with van der Waals surface area (Å²) in [5.41, 5.74) is 0.369. The van der Waals surface area contributed by atoms with Crippen molar-refractivity contribution < 1.29 is 19.1 Å². The molecule has 2 aliphatic heterocycles. The number of carbonyl (C=O) groups is 2. The molecule has 0 fully saturated rings. The first-order valence-electron chi connectivity index (χ1n) is 11.2. The Hall–Kier alpha value is -3.51. The minimum Gasteiger partial charge on any atom is -0.382 e. The van der Waals surface area contributed by atoms with Gasteiger partial charge < -0.3 is 10.4 Å². The largest absolute Gasteiger partial charge is 0.382 e. The topological polar surface area (TPSA) is 69.6 Å². The van der Waals surface area contributed by atoms with E-state index in [1.165, 1.54) is 18.2 Å². The highest BCUT2D eigenvalue weighted by Crippen LogP contribution is 2.52. The highest BCUT2D eigenvalue weighted by molar-refractivity contribution is 6.12. The van der Waals surface area contributed by atoms with E-state index in [2.05, 4.69) is 12.2 Å². The Bertz CT molecular complexity index is 1260. The molecule has 2 heterocycles. The number of benzene rings is 3. The van der Waals surface area contributed by atoms with Crippen molar-refractivity contribution in [3.63, 3.8) is 0 Å². The molecule has 3 aromatic carbocycles. The minimum absolute atomic E-state index is 0.128. The fourth-order valence-corrected chi connectivity index (χ4v) is 5.35. The van der Waals surface area contributed by atoms with Crippen molar-refractivity contribution in [2.45, 2.75) is 37.3 Å². The Balaban J connectivity index is 1.61. The summed E-state index contributed by atoms with van der Waals surface area (Å²) in [5.74, 6) is -1.56. The third kappa shape index (κ3) is 3.16. The second-order valence-electron chi connectivity index (χ2n) is 8.81. The molecule has 0 spiro atoms. The number of nitrogens with one attached hydrogen (secondary N) is 1. The van der Waals surface area contributed by atoms with Crippen molar-refractivity contribution in [3.8, 4) is 0 Å². The van der Waals surface area contributed by atoms with Crippen LogP contribution in [0.3, 0.4) is 0 Å². The van der Waals surface area contributed by atoms with Gasteiger partial charge in [0.1, 0.15) is 5.82 Å². The van der Waals surface area contributed by atoms with Crippen LogP contribution >= 0.6 is 0 Å². The Labute approximate surface area is 191 Å². The lowest BCUT2D eigenvalue weighted by Gasteiger charge is -2.40.